The summed E-state index contributed by atoms with van der Waals surface area (Å²) in [6.07, 6.45) is 0.552. The average molecular weight is 477 g/mol. The third-order valence-corrected chi connectivity index (χ3v) is 6.50. The third kappa shape index (κ3) is 5.43. The van der Waals surface area contributed by atoms with Crippen LogP contribution in [0.3, 0.4) is 0 Å². The number of halogens is 3. The van der Waals surface area contributed by atoms with Crippen molar-refractivity contribution >= 4 is 34.8 Å². The molecule has 0 aromatic heterocycles. The second-order valence-corrected chi connectivity index (χ2v) is 8.94. The minimum absolute atomic E-state index is 0.221. The Morgan fingerprint density at radius 3 is 2.39 bits per heavy atom. The van der Waals surface area contributed by atoms with E-state index in [4.69, 9.17) is 44.3 Å². The summed E-state index contributed by atoms with van der Waals surface area (Å²) in [4.78, 5) is 0. The minimum atomic E-state index is -0.614. The molecule has 4 rings (SSSR count). The van der Waals surface area contributed by atoms with Crippen molar-refractivity contribution in [2.75, 3.05) is 13.1 Å². The second kappa shape index (κ2) is 10.4. The van der Waals surface area contributed by atoms with Gasteiger partial charge in [0.1, 0.15) is 11.7 Å². The van der Waals surface area contributed by atoms with Crippen molar-refractivity contribution in [2.45, 2.75) is 31.3 Å². The Balaban J connectivity index is 1.62. The summed E-state index contributed by atoms with van der Waals surface area (Å²) >= 11 is 18.7. The van der Waals surface area contributed by atoms with Gasteiger partial charge in [-0.25, -0.2) is 0 Å². The number of rotatable bonds is 7. The largest absolute Gasteiger partial charge is 0.369 e. The average Bonchev–Trinajstić information content (AvgIpc) is 2.80. The highest BCUT2D eigenvalue weighted by molar-refractivity contribution is 6.33. The third-order valence-electron chi connectivity index (χ3n) is 5.64. The van der Waals surface area contributed by atoms with Crippen LogP contribution in [-0.4, -0.2) is 19.2 Å². The van der Waals surface area contributed by atoms with Crippen LogP contribution >= 0.6 is 34.8 Å². The molecule has 0 aliphatic carbocycles. The van der Waals surface area contributed by atoms with E-state index < -0.39 is 5.60 Å². The van der Waals surface area contributed by atoms with E-state index in [2.05, 4.69) is 17.4 Å². The van der Waals surface area contributed by atoms with E-state index in [9.17, 15) is 0 Å². The molecule has 1 heterocycles. The SMILES string of the molecule is Clc1ccc([C@@]2(OCc3ccccc3)CCNC[C@@H]2OCc2cc(Cl)ccc2Cl)cc1. The van der Waals surface area contributed by atoms with Crippen LogP contribution in [0.15, 0.2) is 72.8 Å². The Morgan fingerprint density at radius 2 is 1.61 bits per heavy atom. The molecule has 0 spiro atoms. The molecule has 1 aliphatic heterocycles. The monoisotopic (exact) mass is 475 g/mol. The minimum Gasteiger partial charge on any atom is -0.369 e. The van der Waals surface area contributed by atoms with Crippen molar-refractivity contribution < 1.29 is 9.47 Å². The Hall–Kier alpha value is -1.59. The topological polar surface area (TPSA) is 30.5 Å². The predicted molar refractivity (Wildman–Crippen MR) is 127 cm³/mol. The molecule has 0 unspecified atom stereocenters. The molecule has 1 fully saturated rings. The van der Waals surface area contributed by atoms with Crippen LogP contribution in [0.2, 0.25) is 15.1 Å². The van der Waals surface area contributed by atoms with Crippen molar-refractivity contribution in [3.05, 3.63) is 105 Å². The Morgan fingerprint density at radius 1 is 0.871 bits per heavy atom. The molecule has 0 saturated carbocycles. The summed E-state index contributed by atoms with van der Waals surface area (Å²) in [5.41, 5.74) is 2.41. The zero-order chi connectivity index (χ0) is 21.7. The lowest BCUT2D eigenvalue weighted by Gasteiger charge is -2.44. The molecule has 0 amide bonds. The fourth-order valence-electron chi connectivity index (χ4n) is 3.97. The fraction of sp³-hybridized carbons (Fsp3) is 0.280. The molecule has 0 bridgehead atoms. The van der Waals surface area contributed by atoms with Gasteiger partial charge in [-0.1, -0.05) is 77.3 Å². The predicted octanol–water partition coefficient (Wildman–Crippen LogP) is 6.64. The smallest absolute Gasteiger partial charge is 0.122 e. The van der Waals surface area contributed by atoms with Gasteiger partial charge in [0.25, 0.3) is 0 Å². The van der Waals surface area contributed by atoms with E-state index in [1.807, 2.05) is 48.5 Å². The zero-order valence-corrected chi connectivity index (χ0v) is 19.3. The molecule has 162 valence electrons. The van der Waals surface area contributed by atoms with E-state index in [1.54, 1.807) is 12.1 Å². The summed E-state index contributed by atoms with van der Waals surface area (Å²) in [6.45, 7) is 2.32. The quantitative estimate of drug-likeness (QED) is 0.415. The summed E-state index contributed by atoms with van der Waals surface area (Å²) in [5.74, 6) is 0. The molecule has 1 saturated heterocycles. The molecule has 3 aromatic rings. The molecule has 1 aliphatic rings. The van der Waals surface area contributed by atoms with Gasteiger partial charge in [0, 0.05) is 21.6 Å². The maximum atomic E-state index is 6.67. The lowest BCUT2D eigenvalue weighted by Crippen LogP contribution is -2.54. The van der Waals surface area contributed by atoms with E-state index in [0.29, 0.717) is 34.8 Å². The van der Waals surface area contributed by atoms with Crippen molar-refractivity contribution in [3.8, 4) is 0 Å². The zero-order valence-electron chi connectivity index (χ0n) is 17.0. The Kier molecular flexibility index (Phi) is 7.55. The van der Waals surface area contributed by atoms with Gasteiger partial charge in [-0.15, -0.1) is 0 Å². The van der Waals surface area contributed by atoms with Crippen molar-refractivity contribution in [1.29, 1.82) is 0 Å². The molecule has 6 heteroatoms. The first-order valence-electron chi connectivity index (χ1n) is 10.3. The van der Waals surface area contributed by atoms with E-state index in [1.165, 1.54) is 0 Å². The Labute approximate surface area is 198 Å². The van der Waals surface area contributed by atoms with Gasteiger partial charge in [0.05, 0.1) is 13.2 Å². The number of hydrogen-bond donors (Lipinski definition) is 1. The summed E-state index contributed by atoms with van der Waals surface area (Å²) in [7, 11) is 0. The maximum absolute atomic E-state index is 6.67. The van der Waals surface area contributed by atoms with Crippen LogP contribution in [0.5, 0.6) is 0 Å². The van der Waals surface area contributed by atoms with Gasteiger partial charge >= 0.3 is 0 Å². The lowest BCUT2D eigenvalue weighted by molar-refractivity contribution is -0.176. The molecule has 31 heavy (non-hydrogen) atoms. The summed E-state index contributed by atoms with van der Waals surface area (Å²) < 4.78 is 13.1. The van der Waals surface area contributed by atoms with Crippen molar-refractivity contribution in [2.24, 2.45) is 0 Å². The second-order valence-electron chi connectivity index (χ2n) is 7.66. The summed E-state index contributed by atoms with van der Waals surface area (Å²) in [6, 6.07) is 23.4. The number of piperidine rings is 1. The number of nitrogens with one attached hydrogen (secondary N) is 1. The highest BCUT2D eigenvalue weighted by Crippen LogP contribution is 2.39. The van der Waals surface area contributed by atoms with Crippen LogP contribution in [0.25, 0.3) is 0 Å². The molecule has 0 radical (unpaired) electrons. The highest BCUT2D eigenvalue weighted by Gasteiger charge is 2.44. The van der Waals surface area contributed by atoms with Crippen LogP contribution in [0.4, 0.5) is 0 Å². The molecule has 3 aromatic carbocycles. The van der Waals surface area contributed by atoms with E-state index in [0.717, 1.165) is 29.7 Å². The number of benzene rings is 3. The van der Waals surface area contributed by atoms with Crippen LogP contribution in [-0.2, 0) is 28.3 Å². The number of hydrogen-bond acceptors (Lipinski definition) is 3. The lowest BCUT2D eigenvalue weighted by atomic mass is 9.82. The normalized spacial score (nSPS) is 21.2. The van der Waals surface area contributed by atoms with Gasteiger partial charge < -0.3 is 14.8 Å². The molecular formula is C25H24Cl3NO2. The molecule has 3 nitrogen and oxygen atoms in total. The molecule has 1 N–H and O–H groups in total. The molecular weight excluding hydrogens is 453 g/mol. The summed E-state index contributed by atoms with van der Waals surface area (Å²) in [5, 5.41) is 5.40. The van der Waals surface area contributed by atoms with E-state index >= 15 is 0 Å². The van der Waals surface area contributed by atoms with Crippen LogP contribution < -0.4 is 5.32 Å². The first-order chi connectivity index (χ1) is 15.1. The van der Waals surface area contributed by atoms with Gasteiger partial charge in [0.2, 0.25) is 0 Å². The first kappa shape index (κ1) is 22.6. The van der Waals surface area contributed by atoms with E-state index in [-0.39, 0.29) is 6.10 Å². The Bertz CT molecular complexity index is 997. The first-order valence-corrected chi connectivity index (χ1v) is 11.4. The van der Waals surface area contributed by atoms with Gasteiger partial charge in [-0.2, -0.15) is 0 Å². The van der Waals surface area contributed by atoms with Crippen LogP contribution in [0, 0.1) is 0 Å². The standard InChI is InChI=1S/C25H24Cl3NO2/c26-21-8-6-20(7-9-21)25(31-16-18-4-2-1-3-5-18)12-13-29-15-24(25)30-17-19-14-22(27)10-11-23(19)28/h1-11,14,24,29H,12-13,15-17H2/t24-,25-/m0/s1. The number of ether oxygens (including phenoxy) is 2. The maximum Gasteiger partial charge on any atom is 0.122 e. The van der Waals surface area contributed by atoms with Crippen molar-refractivity contribution in [1.82, 2.24) is 5.32 Å². The van der Waals surface area contributed by atoms with Gasteiger partial charge in [-0.3, -0.25) is 0 Å². The fourth-order valence-corrected chi connectivity index (χ4v) is 4.46. The van der Waals surface area contributed by atoms with Crippen LogP contribution in [0.1, 0.15) is 23.1 Å². The van der Waals surface area contributed by atoms with Gasteiger partial charge in [0.15, 0.2) is 0 Å². The van der Waals surface area contributed by atoms with Gasteiger partial charge in [-0.05, 0) is 60.0 Å². The van der Waals surface area contributed by atoms with Crippen molar-refractivity contribution in [3.63, 3.8) is 0 Å². The molecule has 2 atom stereocenters. The highest BCUT2D eigenvalue weighted by atomic mass is 35.5.